The van der Waals surface area contributed by atoms with Gasteiger partial charge in [0.2, 0.25) is 0 Å². The minimum atomic E-state index is -1.14. The van der Waals surface area contributed by atoms with Crippen molar-refractivity contribution in [3.05, 3.63) is 18.6 Å². The number of aliphatic hydroxyl groups is 2. The van der Waals surface area contributed by atoms with E-state index in [9.17, 15) is 10.2 Å². The highest BCUT2D eigenvalue weighted by molar-refractivity contribution is 6.24. The van der Waals surface area contributed by atoms with E-state index in [-0.39, 0.29) is 12.6 Å². The van der Waals surface area contributed by atoms with Gasteiger partial charge in [-0.1, -0.05) is 6.58 Å². The predicted octanol–water partition coefficient (Wildman–Crippen LogP) is -0.349. The molecule has 1 saturated heterocycles. The lowest BCUT2D eigenvalue weighted by molar-refractivity contribution is -0.0447. The number of ether oxygens (including phenoxy) is 1. The molecule has 0 spiro atoms. The van der Waals surface area contributed by atoms with Gasteiger partial charge < -0.3 is 26.0 Å². The number of imidazole rings is 1. The Labute approximate surface area is 125 Å². The number of halogens is 1. The Morgan fingerprint density at radius 1 is 1.67 bits per heavy atom. The molecule has 8 nitrogen and oxygen atoms in total. The van der Waals surface area contributed by atoms with Crippen LogP contribution in [0.5, 0.6) is 0 Å². The third-order valence-corrected chi connectivity index (χ3v) is 4.12. The third kappa shape index (κ3) is 2.03. The molecule has 2 aliphatic heterocycles. The number of guanidine groups is 1. The van der Waals surface area contributed by atoms with Crippen molar-refractivity contribution in [2.24, 2.45) is 10.7 Å². The van der Waals surface area contributed by atoms with Crippen LogP contribution in [0.15, 0.2) is 17.9 Å². The summed E-state index contributed by atoms with van der Waals surface area (Å²) in [6.07, 6.45) is -1.05. The number of nitrogens with one attached hydrogen (secondary N) is 1. The molecule has 21 heavy (non-hydrogen) atoms. The lowest BCUT2D eigenvalue weighted by Crippen LogP contribution is -2.39. The molecule has 3 rings (SSSR count). The SMILES string of the molecule is C=C1NC(N)=Nc2c1ncn2[C@@H]1O[C@H](CO)[C@@H](O)[C@@]1(C)Cl. The van der Waals surface area contributed by atoms with Crippen LogP contribution in [0.1, 0.15) is 18.8 Å². The van der Waals surface area contributed by atoms with Gasteiger partial charge in [-0.05, 0) is 6.92 Å². The normalized spacial score (nSPS) is 35.3. The zero-order valence-electron chi connectivity index (χ0n) is 11.3. The average molecular weight is 314 g/mol. The molecule has 0 bridgehead atoms. The van der Waals surface area contributed by atoms with Crippen LogP contribution in [0.2, 0.25) is 0 Å². The van der Waals surface area contributed by atoms with Gasteiger partial charge in [0.25, 0.3) is 0 Å². The van der Waals surface area contributed by atoms with Crippen LogP contribution in [-0.4, -0.2) is 49.4 Å². The topological polar surface area (TPSA) is 118 Å². The Bertz CT molecular complexity index is 626. The number of fused-ring (bicyclic) bond motifs is 1. The van der Waals surface area contributed by atoms with E-state index >= 15 is 0 Å². The van der Waals surface area contributed by atoms with Gasteiger partial charge >= 0.3 is 0 Å². The van der Waals surface area contributed by atoms with Gasteiger partial charge in [0, 0.05) is 0 Å². The minimum Gasteiger partial charge on any atom is -0.394 e. The summed E-state index contributed by atoms with van der Waals surface area (Å²) in [7, 11) is 0. The summed E-state index contributed by atoms with van der Waals surface area (Å²) in [4.78, 5) is 7.26. The number of aliphatic imine (C=N–C) groups is 1. The van der Waals surface area contributed by atoms with E-state index in [4.69, 9.17) is 22.1 Å². The first-order valence-electron chi connectivity index (χ1n) is 6.36. The highest BCUT2D eigenvalue weighted by atomic mass is 35.5. The smallest absolute Gasteiger partial charge is 0.199 e. The van der Waals surface area contributed by atoms with Crippen LogP contribution in [0.25, 0.3) is 5.70 Å². The Morgan fingerprint density at radius 3 is 3.00 bits per heavy atom. The van der Waals surface area contributed by atoms with Crippen molar-refractivity contribution in [3.63, 3.8) is 0 Å². The first kappa shape index (κ1) is 14.3. The number of alkyl halides is 1. The monoisotopic (exact) mass is 313 g/mol. The fourth-order valence-electron chi connectivity index (χ4n) is 2.57. The first-order chi connectivity index (χ1) is 9.86. The fraction of sp³-hybridized carbons (Fsp3) is 0.500. The van der Waals surface area contributed by atoms with Gasteiger partial charge in [0.05, 0.1) is 18.6 Å². The molecule has 0 saturated carbocycles. The largest absolute Gasteiger partial charge is 0.394 e. The lowest BCUT2D eigenvalue weighted by atomic mass is 10.0. The molecule has 4 atom stereocenters. The third-order valence-electron chi connectivity index (χ3n) is 3.71. The maximum Gasteiger partial charge on any atom is 0.199 e. The summed E-state index contributed by atoms with van der Waals surface area (Å²) < 4.78 is 7.23. The Balaban J connectivity index is 2.05. The van der Waals surface area contributed by atoms with Gasteiger partial charge in [-0.25, -0.2) is 4.98 Å². The molecule has 0 radical (unpaired) electrons. The second-order valence-electron chi connectivity index (χ2n) is 5.23. The summed E-state index contributed by atoms with van der Waals surface area (Å²) in [5, 5.41) is 22.2. The van der Waals surface area contributed by atoms with Crippen LogP contribution >= 0.6 is 11.6 Å². The molecule has 0 unspecified atom stereocenters. The standard InChI is InChI=1S/C12H16ClN5O3/c1-5-7-9(17-11(14)16-5)18(4-15-7)10-12(2,13)8(20)6(3-19)21-10/h4,6,8,10,19-20H,1,3H2,2H3,(H3,14,16,17)/t6-,8-,10-,12-/m1/s1. The molecule has 5 N–H and O–H groups in total. The second-order valence-corrected chi connectivity index (χ2v) is 6.04. The van der Waals surface area contributed by atoms with E-state index in [0.29, 0.717) is 17.2 Å². The van der Waals surface area contributed by atoms with Crippen LogP contribution < -0.4 is 11.1 Å². The van der Waals surface area contributed by atoms with Gasteiger partial charge in [-0.15, -0.1) is 11.6 Å². The van der Waals surface area contributed by atoms with Crippen molar-refractivity contribution >= 4 is 29.1 Å². The molecular weight excluding hydrogens is 298 g/mol. The molecule has 0 aromatic carbocycles. The fourth-order valence-corrected chi connectivity index (χ4v) is 2.87. The number of nitrogens with zero attached hydrogens (tertiary/aromatic N) is 3. The molecule has 3 heterocycles. The summed E-state index contributed by atoms with van der Waals surface area (Å²) in [6.45, 7) is 5.11. The van der Waals surface area contributed by atoms with Crippen molar-refractivity contribution in [3.8, 4) is 0 Å². The van der Waals surface area contributed by atoms with Crippen LogP contribution in [-0.2, 0) is 4.74 Å². The molecule has 2 aliphatic rings. The van der Waals surface area contributed by atoms with Crippen molar-refractivity contribution < 1.29 is 14.9 Å². The van der Waals surface area contributed by atoms with Gasteiger partial charge in [0.1, 0.15) is 22.8 Å². The number of aromatic nitrogens is 2. The van der Waals surface area contributed by atoms with Crippen molar-refractivity contribution in [2.45, 2.75) is 30.2 Å². The molecule has 1 aromatic rings. The summed E-state index contributed by atoms with van der Waals surface area (Å²) in [6, 6.07) is 0. The predicted molar refractivity (Wildman–Crippen MR) is 76.9 cm³/mol. The van der Waals surface area contributed by atoms with Crippen LogP contribution in [0, 0.1) is 0 Å². The van der Waals surface area contributed by atoms with Crippen molar-refractivity contribution in [1.82, 2.24) is 14.9 Å². The van der Waals surface area contributed by atoms with Gasteiger partial charge in [-0.3, -0.25) is 4.57 Å². The zero-order chi connectivity index (χ0) is 15.4. The summed E-state index contributed by atoms with van der Waals surface area (Å²) >= 11 is 6.41. The van der Waals surface area contributed by atoms with Crippen LogP contribution in [0.4, 0.5) is 5.82 Å². The number of hydrogen-bond acceptors (Lipinski definition) is 7. The van der Waals surface area contributed by atoms with E-state index in [0.717, 1.165) is 0 Å². The number of hydrogen-bond donors (Lipinski definition) is 4. The summed E-state index contributed by atoms with van der Waals surface area (Å²) in [5.74, 6) is 0.627. The van der Waals surface area contributed by atoms with Gasteiger partial charge in [0.15, 0.2) is 18.0 Å². The van der Waals surface area contributed by atoms with E-state index in [1.54, 1.807) is 11.5 Å². The Morgan fingerprint density at radius 2 is 2.38 bits per heavy atom. The molecule has 1 aromatic heterocycles. The van der Waals surface area contributed by atoms with E-state index in [1.807, 2.05) is 0 Å². The maximum absolute atomic E-state index is 10.2. The molecule has 9 heteroatoms. The highest BCUT2D eigenvalue weighted by Crippen LogP contribution is 2.45. The van der Waals surface area contributed by atoms with Crippen molar-refractivity contribution in [1.29, 1.82) is 0 Å². The second kappa shape index (κ2) is 4.70. The maximum atomic E-state index is 10.2. The van der Waals surface area contributed by atoms with Gasteiger partial charge in [-0.2, -0.15) is 4.99 Å². The number of aliphatic hydroxyl groups excluding tert-OH is 2. The molecule has 0 amide bonds. The Kier molecular flexibility index (Phi) is 3.21. The molecular formula is C12H16ClN5O3. The zero-order valence-corrected chi connectivity index (χ0v) is 12.1. The molecule has 1 fully saturated rings. The summed E-state index contributed by atoms with van der Waals surface area (Å²) in [5.41, 5.74) is 6.74. The van der Waals surface area contributed by atoms with E-state index < -0.39 is 23.3 Å². The molecule has 114 valence electrons. The first-order valence-corrected chi connectivity index (χ1v) is 6.74. The molecule has 0 aliphatic carbocycles. The number of nitrogens with two attached hydrogens (primary N) is 1. The number of rotatable bonds is 2. The highest BCUT2D eigenvalue weighted by Gasteiger charge is 2.53. The van der Waals surface area contributed by atoms with Crippen LogP contribution in [0.3, 0.4) is 0 Å². The average Bonchev–Trinajstić information content (AvgIpc) is 2.91. The van der Waals surface area contributed by atoms with E-state index in [2.05, 4.69) is 21.9 Å². The minimum absolute atomic E-state index is 0.183. The van der Waals surface area contributed by atoms with Crippen molar-refractivity contribution in [2.75, 3.05) is 6.61 Å². The van der Waals surface area contributed by atoms with E-state index in [1.165, 1.54) is 6.33 Å². The quantitative estimate of drug-likeness (QED) is 0.554. The Hall–Kier alpha value is -1.61. The lowest BCUT2D eigenvalue weighted by Gasteiger charge is -2.27.